The van der Waals surface area contributed by atoms with E-state index in [0.717, 1.165) is 0 Å². The second kappa shape index (κ2) is 5.82. The van der Waals surface area contributed by atoms with Crippen molar-refractivity contribution in [2.24, 2.45) is 0 Å². The summed E-state index contributed by atoms with van der Waals surface area (Å²) in [5.41, 5.74) is 0. The molecule has 0 fully saturated rings. The number of nitrogens with one attached hydrogen (secondary N) is 1. The maximum Gasteiger partial charge on any atom is 0.0636 e. The van der Waals surface area contributed by atoms with Gasteiger partial charge in [-0.15, -0.1) is 0 Å². The highest BCUT2D eigenvalue weighted by Gasteiger charge is 1.94. The largest absolute Gasteiger partial charge is 0.392 e. The molecule has 0 amide bonds. The molecule has 62 valence electrons. The van der Waals surface area contributed by atoms with E-state index in [-0.39, 0.29) is 6.10 Å². The third-order valence-corrected chi connectivity index (χ3v) is 1.79. The minimum atomic E-state index is -0.724. The van der Waals surface area contributed by atoms with Crippen molar-refractivity contribution in [3.63, 3.8) is 0 Å². The van der Waals surface area contributed by atoms with E-state index in [4.69, 9.17) is 5.11 Å². The van der Waals surface area contributed by atoms with Gasteiger partial charge < -0.3 is 10.4 Å². The van der Waals surface area contributed by atoms with Gasteiger partial charge in [0.1, 0.15) is 0 Å². The quantitative estimate of drug-likeness (QED) is 0.531. The Morgan fingerprint density at radius 1 is 1.70 bits per heavy atom. The topological polar surface area (TPSA) is 49.3 Å². The standard InChI is InChI=1S/C6H15NO2S/c1-6(8)5-7-3-4-10(2)9/h6-8H,3-5H2,1-2H3/t6-,10?/m1/s1. The van der Waals surface area contributed by atoms with Gasteiger partial charge in [0.15, 0.2) is 0 Å². The number of aliphatic hydroxyl groups is 1. The molecule has 10 heavy (non-hydrogen) atoms. The zero-order valence-electron chi connectivity index (χ0n) is 6.46. The van der Waals surface area contributed by atoms with Crippen molar-refractivity contribution in [3.8, 4) is 0 Å². The van der Waals surface area contributed by atoms with Gasteiger partial charge in [-0.2, -0.15) is 0 Å². The summed E-state index contributed by atoms with van der Waals surface area (Å²) < 4.78 is 10.5. The first-order chi connectivity index (χ1) is 4.63. The minimum Gasteiger partial charge on any atom is -0.392 e. The molecule has 0 aliphatic heterocycles. The van der Waals surface area contributed by atoms with E-state index >= 15 is 0 Å². The lowest BCUT2D eigenvalue weighted by molar-refractivity contribution is 0.192. The van der Waals surface area contributed by atoms with Crippen molar-refractivity contribution in [2.75, 3.05) is 25.1 Å². The van der Waals surface area contributed by atoms with Crippen molar-refractivity contribution in [3.05, 3.63) is 0 Å². The monoisotopic (exact) mass is 165 g/mol. The highest BCUT2D eigenvalue weighted by atomic mass is 32.2. The van der Waals surface area contributed by atoms with Crippen LogP contribution in [0.1, 0.15) is 6.92 Å². The molecule has 0 saturated carbocycles. The van der Waals surface area contributed by atoms with Crippen molar-refractivity contribution >= 4 is 10.8 Å². The molecule has 2 N–H and O–H groups in total. The number of rotatable bonds is 5. The van der Waals surface area contributed by atoms with Gasteiger partial charge in [0.2, 0.25) is 0 Å². The van der Waals surface area contributed by atoms with Gasteiger partial charge in [0.05, 0.1) is 6.10 Å². The SMILES string of the molecule is C[C@@H](O)CNCCS(C)=O. The normalized spacial score (nSPS) is 16.7. The van der Waals surface area contributed by atoms with E-state index in [1.807, 2.05) is 0 Å². The fourth-order valence-corrected chi connectivity index (χ4v) is 0.959. The maximum absolute atomic E-state index is 10.5. The summed E-state index contributed by atoms with van der Waals surface area (Å²) in [6.45, 7) is 3.02. The molecule has 0 aromatic heterocycles. The third kappa shape index (κ3) is 8.07. The molecular weight excluding hydrogens is 150 g/mol. The second-order valence-corrected chi connectivity index (χ2v) is 3.89. The zero-order valence-corrected chi connectivity index (χ0v) is 7.28. The molecule has 0 saturated heterocycles. The van der Waals surface area contributed by atoms with Crippen LogP contribution in [-0.2, 0) is 10.8 Å². The van der Waals surface area contributed by atoms with Gasteiger partial charge in [-0.1, -0.05) is 0 Å². The van der Waals surface area contributed by atoms with Crippen LogP contribution in [0.15, 0.2) is 0 Å². The van der Waals surface area contributed by atoms with Crippen LogP contribution in [0.25, 0.3) is 0 Å². The zero-order chi connectivity index (χ0) is 7.98. The Labute approximate surface area is 64.3 Å². The average molecular weight is 165 g/mol. The summed E-state index contributed by atoms with van der Waals surface area (Å²) in [6.07, 6.45) is 1.36. The molecule has 0 spiro atoms. The fraction of sp³-hybridized carbons (Fsp3) is 1.00. The van der Waals surface area contributed by atoms with Crippen LogP contribution in [0.4, 0.5) is 0 Å². The minimum absolute atomic E-state index is 0.315. The van der Waals surface area contributed by atoms with Gasteiger partial charge in [0, 0.05) is 35.9 Å². The van der Waals surface area contributed by atoms with E-state index in [0.29, 0.717) is 18.8 Å². The van der Waals surface area contributed by atoms with Crippen LogP contribution in [0.2, 0.25) is 0 Å². The van der Waals surface area contributed by atoms with Crippen LogP contribution in [0.5, 0.6) is 0 Å². The van der Waals surface area contributed by atoms with E-state index < -0.39 is 10.8 Å². The van der Waals surface area contributed by atoms with Crippen LogP contribution >= 0.6 is 0 Å². The number of aliphatic hydroxyl groups excluding tert-OH is 1. The van der Waals surface area contributed by atoms with Crippen molar-refractivity contribution in [2.45, 2.75) is 13.0 Å². The summed E-state index contributed by atoms with van der Waals surface area (Å²) in [6, 6.07) is 0. The molecule has 0 radical (unpaired) electrons. The van der Waals surface area contributed by atoms with Crippen molar-refractivity contribution in [1.29, 1.82) is 0 Å². The molecule has 2 atom stereocenters. The Morgan fingerprint density at radius 2 is 2.30 bits per heavy atom. The van der Waals surface area contributed by atoms with Gasteiger partial charge >= 0.3 is 0 Å². The Bertz CT molecular complexity index is 106. The van der Waals surface area contributed by atoms with E-state index in [1.165, 1.54) is 0 Å². The molecule has 0 aromatic rings. The second-order valence-electron chi connectivity index (χ2n) is 2.33. The molecule has 0 rings (SSSR count). The molecule has 0 aromatic carbocycles. The summed E-state index contributed by atoms with van der Waals surface area (Å²) in [4.78, 5) is 0. The third-order valence-electron chi connectivity index (χ3n) is 1.01. The Balaban J connectivity index is 2.98. The van der Waals surface area contributed by atoms with Crippen molar-refractivity contribution in [1.82, 2.24) is 5.32 Å². The van der Waals surface area contributed by atoms with Crippen LogP contribution in [0, 0.1) is 0 Å². The summed E-state index contributed by atoms with van der Waals surface area (Å²) in [7, 11) is -0.724. The number of hydrogen-bond acceptors (Lipinski definition) is 3. The average Bonchev–Trinajstić information content (AvgIpc) is 1.79. The predicted octanol–water partition coefficient (Wildman–Crippen LogP) is -0.665. The summed E-state index contributed by atoms with van der Waals surface area (Å²) >= 11 is 0. The summed E-state index contributed by atoms with van der Waals surface area (Å²) in [5.74, 6) is 0.659. The fourth-order valence-electron chi connectivity index (χ4n) is 0.527. The van der Waals surface area contributed by atoms with Gasteiger partial charge in [0.25, 0.3) is 0 Å². The van der Waals surface area contributed by atoms with E-state index in [9.17, 15) is 4.21 Å². The lowest BCUT2D eigenvalue weighted by atomic mass is 10.4. The number of hydrogen-bond donors (Lipinski definition) is 2. The Morgan fingerprint density at radius 3 is 2.70 bits per heavy atom. The molecule has 4 heteroatoms. The maximum atomic E-state index is 10.5. The first-order valence-corrected chi connectivity index (χ1v) is 5.04. The van der Waals surface area contributed by atoms with Crippen LogP contribution < -0.4 is 5.32 Å². The van der Waals surface area contributed by atoms with Gasteiger partial charge in [-0.25, -0.2) is 0 Å². The summed E-state index contributed by atoms with van der Waals surface area (Å²) in [5, 5.41) is 11.8. The highest BCUT2D eigenvalue weighted by molar-refractivity contribution is 7.84. The molecule has 3 nitrogen and oxygen atoms in total. The predicted molar refractivity (Wildman–Crippen MR) is 43.5 cm³/mol. The van der Waals surface area contributed by atoms with Crippen LogP contribution in [-0.4, -0.2) is 40.5 Å². The molecule has 0 aliphatic rings. The van der Waals surface area contributed by atoms with Crippen LogP contribution in [0.3, 0.4) is 0 Å². The van der Waals surface area contributed by atoms with Gasteiger partial charge in [-0.05, 0) is 6.92 Å². The lowest BCUT2D eigenvalue weighted by Crippen LogP contribution is -2.27. The molecule has 0 aliphatic carbocycles. The highest BCUT2D eigenvalue weighted by Crippen LogP contribution is 1.75. The van der Waals surface area contributed by atoms with E-state index in [1.54, 1.807) is 13.2 Å². The molecular formula is C6H15NO2S. The first-order valence-electron chi connectivity index (χ1n) is 3.31. The smallest absolute Gasteiger partial charge is 0.0636 e. The molecule has 0 heterocycles. The van der Waals surface area contributed by atoms with Crippen molar-refractivity contribution < 1.29 is 9.32 Å². The Hall–Kier alpha value is 0.0700. The van der Waals surface area contributed by atoms with Gasteiger partial charge in [-0.3, -0.25) is 4.21 Å². The Kier molecular flexibility index (Phi) is 5.87. The molecule has 1 unspecified atom stereocenters. The lowest BCUT2D eigenvalue weighted by Gasteiger charge is -2.04. The first kappa shape index (κ1) is 10.1. The van der Waals surface area contributed by atoms with E-state index in [2.05, 4.69) is 5.32 Å². The molecule has 0 bridgehead atoms.